The number of carbonyl (C=O) groups excluding carboxylic acids is 1. The van der Waals surface area contributed by atoms with Gasteiger partial charge in [0.05, 0.1) is 0 Å². The average Bonchev–Trinajstić information content (AvgIpc) is 2.83. The molecule has 100 valence electrons. The van der Waals surface area contributed by atoms with E-state index in [1.54, 1.807) is 0 Å². The van der Waals surface area contributed by atoms with Gasteiger partial charge < -0.3 is 10.6 Å². The fourth-order valence-electron chi connectivity index (χ4n) is 2.07. The molecule has 5 heteroatoms. The van der Waals surface area contributed by atoms with E-state index in [0.717, 1.165) is 24.0 Å². The highest BCUT2D eigenvalue weighted by atomic mass is 79.9. The van der Waals surface area contributed by atoms with Crippen LogP contribution in [0.25, 0.3) is 0 Å². The molecule has 1 aromatic carbocycles. The number of rotatable bonds is 4. The Balaban J connectivity index is 0.00000162. The molecule has 0 radical (unpaired) electrons. The molecule has 3 nitrogen and oxygen atoms in total. The number of hydrogen-bond donors (Lipinski definition) is 2. The van der Waals surface area contributed by atoms with Gasteiger partial charge in [0, 0.05) is 22.6 Å². The van der Waals surface area contributed by atoms with Crippen LogP contribution in [-0.2, 0) is 0 Å². The monoisotopic (exact) mass is 332 g/mol. The minimum Gasteiger partial charge on any atom is -0.352 e. The van der Waals surface area contributed by atoms with Crippen molar-refractivity contribution in [3.05, 3.63) is 34.3 Å². The van der Waals surface area contributed by atoms with Crippen LogP contribution in [0, 0.1) is 0 Å². The molecule has 1 amide bonds. The van der Waals surface area contributed by atoms with Crippen LogP contribution in [0.15, 0.2) is 28.7 Å². The molecule has 0 aliphatic carbocycles. The number of amides is 1. The number of carbonyl (C=O) groups is 1. The molecule has 1 aliphatic heterocycles. The van der Waals surface area contributed by atoms with Gasteiger partial charge >= 0.3 is 0 Å². The smallest absolute Gasteiger partial charge is 0.251 e. The van der Waals surface area contributed by atoms with Crippen molar-refractivity contribution in [1.82, 2.24) is 10.6 Å². The summed E-state index contributed by atoms with van der Waals surface area (Å²) < 4.78 is 0.990. The molecule has 1 aromatic rings. The van der Waals surface area contributed by atoms with E-state index < -0.39 is 0 Å². The minimum absolute atomic E-state index is 0. The van der Waals surface area contributed by atoms with Gasteiger partial charge in [-0.05, 0) is 50.1 Å². The third-order valence-electron chi connectivity index (χ3n) is 3.05. The normalized spacial score (nSPS) is 18.2. The van der Waals surface area contributed by atoms with Crippen LogP contribution in [-0.4, -0.2) is 25.0 Å². The van der Waals surface area contributed by atoms with E-state index in [4.69, 9.17) is 0 Å². The van der Waals surface area contributed by atoms with Gasteiger partial charge in [-0.1, -0.05) is 15.9 Å². The first-order valence-corrected chi connectivity index (χ1v) is 6.82. The van der Waals surface area contributed by atoms with Crippen LogP contribution in [0.4, 0.5) is 0 Å². The molecule has 1 saturated heterocycles. The van der Waals surface area contributed by atoms with E-state index in [0.29, 0.717) is 11.6 Å². The molecular formula is C13H18BrClN2O. The van der Waals surface area contributed by atoms with Gasteiger partial charge in [0.2, 0.25) is 0 Å². The Labute approximate surface area is 122 Å². The molecule has 0 aromatic heterocycles. The van der Waals surface area contributed by atoms with Crippen molar-refractivity contribution in [3.63, 3.8) is 0 Å². The second kappa shape index (κ2) is 7.77. The minimum atomic E-state index is 0. The lowest BCUT2D eigenvalue weighted by Crippen LogP contribution is -2.30. The molecule has 0 bridgehead atoms. The van der Waals surface area contributed by atoms with Crippen molar-refractivity contribution in [2.75, 3.05) is 13.1 Å². The zero-order chi connectivity index (χ0) is 12.1. The van der Waals surface area contributed by atoms with E-state index in [1.807, 2.05) is 24.3 Å². The first kappa shape index (κ1) is 15.5. The van der Waals surface area contributed by atoms with Gasteiger partial charge in [0.1, 0.15) is 0 Å². The fraction of sp³-hybridized carbons (Fsp3) is 0.462. The van der Waals surface area contributed by atoms with Crippen molar-refractivity contribution in [3.8, 4) is 0 Å². The Bertz CT molecular complexity index is 377. The first-order valence-electron chi connectivity index (χ1n) is 6.03. The van der Waals surface area contributed by atoms with E-state index in [-0.39, 0.29) is 18.3 Å². The number of halogens is 2. The van der Waals surface area contributed by atoms with Gasteiger partial charge in [-0.2, -0.15) is 0 Å². The third kappa shape index (κ3) is 4.59. The summed E-state index contributed by atoms with van der Waals surface area (Å²) in [7, 11) is 0. The summed E-state index contributed by atoms with van der Waals surface area (Å²) in [6.07, 6.45) is 3.50. The first-order chi connectivity index (χ1) is 8.25. The highest BCUT2D eigenvalue weighted by Gasteiger charge is 2.13. The topological polar surface area (TPSA) is 41.1 Å². The highest BCUT2D eigenvalue weighted by Crippen LogP contribution is 2.11. The van der Waals surface area contributed by atoms with Crippen LogP contribution in [0.2, 0.25) is 0 Å². The summed E-state index contributed by atoms with van der Waals surface area (Å²) in [6, 6.07) is 8.00. The molecule has 2 rings (SSSR count). The van der Waals surface area contributed by atoms with E-state index in [2.05, 4.69) is 26.6 Å². The molecule has 0 saturated carbocycles. The number of hydrogen-bond acceptors (Lipinski definition) is 2. The summed E-state index contributed by atoms with van der Waals surface area (Å²) in [4.78, 5) is 11.8. The SMILES string of the molecule is Cl.O=C(NCC[C@H]1CCCN1)c1ccc(Br)cc1. The van der Waals surface area contributed by atoms with Crippen LogP contribution < -0.4 is 10.6 Å². The Kier molecular flexibility index (Phi) is 6.68. The number of nitrogens with one attached hydrogen (secondary N) is 2. The lowest BCUT2D eigenvalue weighted by Gasteiger charge is -2.10. The molecule has 1 heterocycles. The summed E-state index contributed by atoms with van der Waals surface area (Å²) >= 11 is 3.35. The zero-order valence-corrected chi connectivity index (χ0v) is 12.5. The lowest BCUT2D eigenvalue weighted by atomic mass is 10.1. The van der Waals surface area contributed by atoms with Crippen LogP contribution >= 0.6 is 28.3 Å². The Morgan fingerprint density at radius 2 is 2.11 bits per heavy atom. The highest BCUT2D eigenvalue weighted by molar-refractivity contribution is 9.10. The Hall–Kier alpha value is -0.580. The van der Waals surface area contributed by atoms with Crippen LogP contribution in [0.5, 0.6) is 0 Å². The molecule has 2 N–H and O–H groups in total. The largest absolute Gasteiger partial charge is 0.352 e. The van der Waals surface area contributed by atoms with Crippen LogP contribution in [0.1, 0.15) is 29.6 Å². The van der Waals surface area contributed by atoms with E-state index >= 15 is 0 Å². The predicted molar refractivity (Wildman–Crippen MR) is 79.4 cm³/mol. The summed E-state index contributed by atoms with van der Waals surface area (Å²) in [5.74, 6) is 0.00972. The zero-order valence-electron chi connectivity index (χ0n) is 10.1. The quantitative estimate of drug-likeness (QED) is 0.889. The summed E-state index contributed by atoms with van der Waals surface area (Å²) in [6.45, 7) is 1.86. The third-order valence-corrected chi connectivity index (χ3v) is 3.58. The second-order valence-corrected chi connectivity index (χ2v) is 5.26. The maximum Gasteiger partial charge on any atom is 0.251 e. The van der Waals surface area contributed by atoms with Gasteiger partial charge in [-0.25, -0.2) is 0 Å². The summed E-state index contributed by atoms with van der Waals surface area (Å²) in [5.41, 5.74) is 0.715. The Morgan fingerprint density at radius 1 is 1.39 bits per heavy atom. The molecule has 18 heavy (non-hydrogen) atoms. The van der Waals surface area contributed by atoms with Gasteiger partial charge in [-0.15, -0.1) is 12.4 Å². The van der Waals surface area contributed by atoms with Crippen molar-refractivity contribution < 1.29 is 4.79 Å². The predicted octanol–water partition coefficient (Wildman–Crippen LogP) is 2.74. The molecule has 1 fully saturated rings. The van der Waals surface area contributed by atoms with Gasteiger partial charge in [-0.3, -0.25) is 4.79 Å². The summed E-state index contributed by atoms with van der Waals surface area (Å²) in [5, 5.41) is 6.37. The fourth-order valence-corrected chi connectivity index (χ4v) is 2.33. The second-order valence-electron chi connectivity index (χ2n) is 4.34. The molecular weight excluding hydrogens is 316 g/mol. The van der Waals surface area contributed by atoms with Gasteiger partial charge in [0.15, 0.2) is 0 Å². The van der Waals surface area contributed by atoms with Crippen molar-refractivity contribution in [2.45, 2.75) is 25.3 Å². The molecule has 1 aliphatic rings. The van der Waals surface area contributed by atoms with Crippen molar-refractivity contribution >= 4 is 34.2 Å². The average molecular weight is 334 g/mol. The Morgan fingerprint density at radius 3 is 2.72 bits per heavy atom. The number of benzene rings is 1. The molecule has 0 spiro atoms. The van der Waals surface area contributed by atoms with E-state index in [1.165, 1.54) is 12.8 Å². The van der Waals surface area contributed by atoms with Crippen molar-refractivity contribution in [1.29, 1.82) is 0 Å². The standard InChI is InChI=1S/C13H17BrN2O.ClH/c14-11-5-3-10(4-6-11)13(17)16-9-7-12-2-1-8-15-12;/h3-6,12,15H,1-2,7-9H2,(H,16,17);1H/t12-;/m1./s1. The van der Waals surface area contributed by atoms with E-state index in [9.17, 15) is 4.79 Å². The molecule has 0 unspecified atom stereocenters. The van der Waals surface area contributed by atoms with Gasteiger partial charge in [0.25, 0.3) is 5.91 Å². The maximum atomic E-state index is 11.8. The lowest BCUT2D eigenvalue weighted by molar-refractivity contribution is 0.0952. The molecule has 1 atom stereocenters. The van der Waals surface area contributed by atoms with Crippen LogP contribution in [0.3, 0.4) is 0 Å². The van der Waals surface area contributed by atoms with Crippen molar-refractivity contribution in [2.24, 2.45) is 0 Å². The maximum absolute atomic E-state index is 11.8.